The number of imidazole rings is 2. The normalized spacial score (nSPS) is 19.7. The van der Waals surface area contributed by atoms with Gasteiger partial charge < -0.3 is 49.7 Å². The zero-order chi connectivity index (χ0) is 73.2. The second-order valence-electron chi connectivity index (χ2n) is 28.8. The number of hydrogen-bond donors (Lipinski definition) is 5. The third kappa shape index (κ3) is 22.2. The zero-order valence-electron chi connectivity index (χ0n) is 60.0. The number of nitrogens with zero attached hydrogens (tertiary/aromatic N) is 7. The van der Waals surface area contributed by atoms with Gasteiger partial charge in [0.25, 0.3) is 0 Å². The van der Waals surface area contributed by atoms with Gasteiger partial charge in [-0.2, -0.15) is 0 Å². The first kappa shape index (κ1) is 78.3. The summed E-state index contributed by atoms with van der Waals surface area (Å²) in [5, 5.41) is 30.3. The molecule has 2 aliphatic heterocycles. The van der Waals surface area contributed by atoms with Gasteiger partial charge in [-0.05, 0) is 147 Å². The Kier molecular flexibility index (Phi) is 28.6. The van der Waals surface area contributed by atoms with E-state index in [9.17, 15) is 34.2 Å². The smallest absolute Gasteiger partial charge is 0.246 e. The van der Waals surface area contributed by atoms with Crippen molar-refractivity contribution in [2.75, 3.05) is 71.1 Å². The number of carbonyl (C=O) groups excluding carboxylic acids is 5. The lowest BCUT2D eigenvalue weighted by molar-refractivity contribution is -0.136. The van der Waals surface area contributed by atoms with Crippen LogP contribution in [-0.2, 0) is 61.2 Å². The number of H-pyrrole nitrogens is 1. The summed E-state index contributed by atoms with van der Waals surface area (Å²) >= 11 is 18.8. The number of hydrogen-bond acceptors (Lipinski definition) is 17. The lowest BCUT2D eigenvalue weighted by atomic mass is 9.76. The second-order valence-corrected chi connectivity index (χ2v) is 30.0. The van der Waals surface area contributed by atoms with Crippen molar-refractivity contribution >= 4 is 104 Å². The van der Waals surface area contributed by atoms with E-state index < -0.39 is 30.6 Å². The highest BCUT2D eigenvalue weighted by molar-refractivity contribution is 6.42. The highest BCUT2D eigenvalue weighted by atomic mass is 35.5. The Bertz CT molecular complexity index is 4020. The number of aromatic nitrogens is 6. The van der Waals surface area contributed by atoms with E-state index >= 15 is 0 Å². The average molecular weight is 1470 g/mol. The maximum atomic E-state index is 14.6. The fourth-order valence-electron chi connectivity index (χ4n) is 13.6. The molecule has 0 spiro atoms. The summed E-state index contributed by atoms with van der Waals surface area (Å²) in [6, 6.07) is 26.1. The van der Waals surface area contributed by atoms with Crippen LogP contribution in [-0.4, -0.2) is 181 Å². The Morgan fingerprint density at radius 1 is 0.748 bits per heavy atom. The first-order chi connectivity index (χ1) is 49.5. The Labute approximate surface area is 618 Å². The van der Waals surface area contributed by atoms with Gasteiger partial charge >= 0.3 is 0 Å². The number of amides is 2. The number of benzene rings is 4. The third-order valence-electron chi connectivity index (χ3n) is 19.5. The van der Waals surface area contributed by atoms with Gasteiger partial charge in [-0.15, -0.1) is 0 Å². The predicted molar refractivity (Wildman–Crippen MR) is 402 cm³/mol. The van der Waals surface area contributed by atoms with Crippen molar-refractivity contribution < 1.29 is 53.1 Å². The van der Waals surface area contributed by atoms with Crippen molar-refractivity contribution in [3.63, 3.8) is 0 Å². The van der Waals surface area contributed by atoms with E-state index in [4.69, 9.17) is 58.7 Å². The topological polar surface area (TPSA) is 266 Å². The minimum absolute atomic E-state index is 0.000720. The van der Waals surface area contributed by atoms with Crippen molar-refractivity contribution in [3.8, 4) is 0 Å². The van der Waals surface area contributed by atoms with Crippen LogP contribution in [0.5, 0.6) is 0 Å². The molecule has 103 heavy (non-hydrogen) atoms. The van der Waals surface area contributed by atoms with Crippen LogP contribution in [0.1, 0.15) is 158 Å². The summed E-state index contributed by atoms with van der Waals surface area (Å²) in [6.45, 7) is 15.7. The highest BCUT2D eigenvalue weighted by Crippen LogP contribution is 2.39. The number of likely N-dealkylation sites (tertiary alicyclic amines) is 1. The number of halogens is 3. The van der Waals surface area contributed by atoms with Crippen LogP contribution < -0.4 is 10.6 Å². The number of aliphatic hydroxyl groups excluding tert-OH is 2. The van der Waals surface area contributed by atoms with E-state index in [-0.39, 0.29) is 86.4 Å². The fraction of sp³-hybridized carbons (Fsp3) is 0.506. The van der Waals surface area contributed by atoms with E-state index in [0.717, 1.165) is 78.5 Å². The number of carbonyl (C=O) groups is 5. The van der Waals surface area contributed by atoms with Gasteiger partial charge in [0.15, 0.2) is 29.0 Å². The molecular formula is C79H99Cl3N10O11. The summed E-state index contributed by atoms with van der Waals surface area (Å²) < 4.78 is 25.2. The number of unbranched alkanes of at least 4 members (excludes halogenated alkanes) is 2. The largest absolute Gasteiger partial charge is 0.387 e. The number of Topliss-reactive ketones (excluding diaryl/α,β-unsaturated/α-hetero) is 3. The molecule has 10 rings (SSSR count). The molecular weight excluding hydrogens is 1370 g/mol. The third-order valence-corrected chi connectivity index (χ3v) is 20.7. The molecule has 4 aromatic carbocycles. The van der Waals surface area contributed by atoms with Gasteiger partial charge in [-0.25, -0.2) is 19.9 Å². The Morgan fingerprint density at radius 2 is 1.42 bits per heavy atom. The maximum Gasteiger partial charge on any atom is 0.246 e. The molecule has 24 heteroatoms. The first-order valence-corrected chi connectivity index (χ1v) is 37.4. The number of piperidine rings is 1. The van der Waals surface area contributed by atoms with Gasteiger partial charge in [0.05, 0.1) is 60.4 Å². The summed E-state index contributed by atoms with van der Waals surface area (Å²) in [5.41, 5.74) is 8.31. The number of ether oxygens (including phenoxy) is 4. The van der Waals surface area contributed by atoms with Crippen LogP contribution in [0.25, 0.3) is 34.3 Å². The maximum absolute atomic E-state index is 14.6. The van der Waals surface area contributed by atoms with E-state index in [2.05, 4.69) is 88.3 Å². The van der Waals surface area contributed by atoms with E-state index in [0.29, 0.717) is 132 Å². The molecule has 5 heterocycles. The van der Waals surface area contributed by atoms with Crippen LogP contribution in [0.3, 0.4) is 0 Å². The Hall–Kier alpha value is -7.28. The number of ketones is 3. The monoisotopic (exact) mass is 1470 g/mol. The summed E-state index contributed by atoms with van der Waals surface area (Å²) in [5.74, 6) is 1.46. The van der Waals surface area contributed by atoms with E-state index in [1.165, 1.54) is 11.9 Å². The number of aromatic amines is 1. The number of fused-ring (bicyclic) bond motifs is 2. The van der Waals surface area contributed by atoms with Crippen molar-refractivity contribution in [1.29, 1.82) is 0 Å². The van der Waals surface area contributed by atoms with Gasteiger partial charge in [0.2, 0.25) is 11.8 Å². The van der Waals surface area contributed by atoms with Crippen molar-refractivity contribution in [2.24, 2.45) is 5.92 Å². The summed E-state index contributed by atoms with van der Waals surface area (Å²) in [4.78, 5) is 93.4. The highest BCUT2D eigenvalue weighted by Gasteiger charge is 2.47. The number of aryl methyl sites for hydroxylation is 2. The zero-order valence-corrected chi connectivity index (χ0v) is 62.3. The van der Waals surface area contributed by atoms with Crippen LogP contribution in [0.15, 0.2) is 109 Å². The predicted octanol–water partition coefficient (Wildman–Crippen LogP) is 12.8. The van der Waals surface area contributed by atoms with Crippen LogP contribution in [0, 0.1) is 12.8 Å². The lowest BCUT2D eigenvalue weighted by Gasteiger charge is -2.46. The van der Waals surface area contributed by atoms with E-state index in [1.54, 1.807) is 52.2 Å². The first-order valence-electron chi connectivity index (χ1n) is 36.3. The average Bonchev–Trinajstić information content (AvgIpc) is 1.66. The van der Waals surface area contributed by atoms with Crippen LogP contribution >= 0.6 is 34.8 Å². The van der Waals surface area contributed by atoms with E-state index in [1.807, 2.05) is 49.4 Å². The molecule has 1 unspecified atom stereocenters. The Balaban J connectivity index is 0.553. The molecule has 3 aliphatic rings. The molecule has 5 N–H and O–H groups in total. The van der Waals surface area contributed by atoms with Crippen LogP contribution in [0.2, 0.25) is 15.1 Å². The number of anilines is 1. The molecule has 1 saturated carbocycles. The fourth-order valence-corrected chi connectivity index (χ4v) is 14.0. The molecule has 2 amide bonds. The molecule has 552 valence electrons. The molecule has 5 atom stereocenters. The molecule has 0 radical (unpaired) electrons. The molecule has 7 aromatic rings. The van der Waals surface area contributed by atoms with Gasteiger partial charge in [-0.1, -0.05) is 117 Å². The standard InChI is InChI=1S/C79H99Cl3N10O11/c1-50(2)91(59-40-55(41-59)23-28-69-87-65-27-24-58(79(4,5)6)44-66(65)88-69)47-68-73(97)74(98)78(103-68)92-49-86-71-75(84-48-85-76(71)92)83-30-12-8-11-17-60(93)18-13-19-61(94)20-14-31-100-33-35-102-36-34-101-32-29-70(95)89-67(43-52-15-9-7-10-16-52)77(99)90-45-56(38-53-21-25-62(80)51(3)37-53)72(96)57(46-90)39-54-22-26-63(81)64(82)42-54/h7,9-10,15-16,21-22,24-27,37-39,42,44,48-50,55,59,67-68,73-74,78,97-98H,8,11-14,17-20,23,28-36,40-41,43,45-47H2,1-6H3,(H,87,88)(H,89,95)(H,83,84,85)/b56-38+,57-39+/t55?,59?,67-,68+,73?,74-,78+/m0/s1. The lowest BCUT2D eigenvalue weighted by Crippen LogP contribution is -2.52. The minimum atomic E-state index is -1.19. The van der Waals surface area contributed by atoms with Crippen molar-refractivity contribution in [3.05, 3.63) is 157 Å². The molecule has 21 nitrogen and oxygen atoms in total. The van der Waals surface area contributed by atoms with Crippen molar-refractivity contribution in [2.45, 2.75) is 186 Å². The summed E-state index contributed by atoms with van der Waals surface area (Å²) in [7, 11) is 0. The number of rotatable bonds is 38. The van der Waals surface area contributed by atoms with Gasteiger partial charge in [-0.3, -0.25) is 33.4 Å². The molecule has 3 aromatic heterocycles. The van der Waals surface area contributed by atoms with Crippen molar-refractivity contribution in [1.82, 2.24) is 44.6 Å². The number of aliphatic hydroxyl groups is 2. The molecule has 0 bridgehead atoms. The molecule has 3 fully saturated rings. The second kappa shape index (κ2) is 37.6. The molecule has 2 saturated heterocycles. The SMILES string of the molecule is Cc1cc(/C=C2\CN(C(=O)[C@H](Cc3ccccc3)NC(=O)CCOCCOCCOCCCC(=O)CCCC(=O)CCCCCNc3ncnc4c3ncn4[C@@H]3O[C@H](CN(C(C)C)C4CC(CCc5nc6ccc(C(C)(C)C)cc6[nH]5)C4)C(O)[C@@H]3O)C/C(=C\c3ccc(Cl)c(Cl)c3)C2=O)ccc1Cl. The van der Waals surface area contributed by atoms with Crippen LogP contribution in [0.4, 0.5) is 5.82 Å². The Morgan fingerprint density at radius 3 is 2.11 bits per heavy atom. The minimum Gasteiger partial charge on any atom is -0.387 e. The van der Waals surface area contributed by atoms with Gasteiger partial charge in [0.1, 0.15) is 48.1 Å². The molecule has 1 aliphatic carbocycles. The van der Waals surface area contributed by atoms with Gasteiger partial charge in [0, 0.05) is 106 Å². The number of nitrogens with one attached hydrogen (secondary N) is 3. The quantitative estimate of drug-likeness (QED) is 0.0178. The summed E-state index contributed by atoms with van der Waals surface area (Å²) in [6.07, 6.45) is 12.0.